The third-order valence-corrected chi connectivity index (χ3v) is 5.15. The largest absolute Gasteiger partial charge is 0.497 e. The smallest absolute Gasteiger partial charge is 0.230 e. The van der Waals surface area contributed by atoms with Gasteiger partial charge in [-0.05, 0) is 48.7 Å². The van der Waals surface area contributed by atoms with Crippen LogP contribution in [0.3, 0.4) is 0 Å². The number of thioether (sulfide) groups is 1. The first-order valence-corrected chi connectivity index (χ1v) is 9.69. The third-order valence-electron chi connectivity index (χ3n) is 4.19. The molecule has 0 aliphatic carbocycles. The average molecular weight is 382 g/mol. The molecular formula is C21H23N3O2S. The van der Waals surface area contributed by atoms with Gasteiger partial charge in [0.2, 0.25) is 5.91 Å². The maximum Gasteiger partial charge on any atom is 0.230 e. The second-order valence-corrected chi connectivity index (χ2v) is 7.23. The van der Waals surface area contributed by atoms with E-state index < -0.39 is 0 Å². The van der Waals surface area contributed by atoms with Crippen molar-refractivity contribution in [1.82, 2.24) is 14.9 Å². The van der Waals surface area contributed by atoms with Gasteiger partial charge >= 0.3 is 0 Å². The van der Waals surface area contributed by atoms with E-state index in [0.29, 0.717) is 12.3 Å². The Morgan fingerprint density at radius 1 is 1.22 bits per heavy atom. The molecule has 3 aromatic rings. The van der Waals surface area contributed by atoms with E-state index in [9.17, 15) is 4.79 Å². The minimum absolute atomic E-state index is 0.0293. The Hall–Kier alpha value is -2.73. The lowest BCUT2D eigenvalue weighted by atomic mass is 10.1. The number of hydrogen-bond donors (Lipinski definition) is 1. The molecule has 2 aromatic carbocycles. The van der Waals surface area contributed by atoms with Gasteiger partial charge in [-0.25, -0.2) is 4.98 Å². The molecule has 1 N–H and O–H groups in total. The van der Waals surface area contributed by atoms with Gasteiger partial charge in [-0.1, -0.05) is 36.0 Å². The van der Waals surface area contributed by atoms with E-state index in [4.69, 9.17) is 4.74 Å². The molecule has 0 fully saturated rings. The summed E-state index contributed by atoms with van der Waals surface area (Å²) in [6.07, 6.45) is 3.69. The van der Waals surface area contributed by atoms with Crippen LogP contribution in [0.1, 0.15) is 16.7 Å². The summed E-state index contributed by atoms with van der Waals surface area (Å²) in [4.78, 5) is 16.6. The highest BCUT2D eigenvalue weighted by atomic mass is 32.2. The zero-order valence-corrected chi connectivity index (χ0v) is 16.5. The highest BCUT2D eigenvalue weighted by Crippen LogP contribution is 2.23. The SMILES string of the molecule is COc1cccc(CNC(=O)CSc2nccn2-c2cc(C)ccc2C)c1. The number of hydrogen-bond acceptors (Lipinski definition) is 4. The number of amides is 1. The normalized spacial score (nSPS) is 10.6. The summed E-state index contributed by atoms with van der Waals surface area (Å²) in [6, 6.07) is 14.0. The standard InChI is InChI=1S/C21H23N3O2S/c1-15-7-8-16(2)19(11-15)24-10-9-22-21(24)27-14-20(25)23-13-17-5-4-6-18(12-17)26-3/h4-12H,13-14H2,1-3H3,(H,23,25). The van der Waals surface area contributed by atoms with E-state index >= 15 is 0 Å². The summed E-state index contributed by atoms with van der Waals surface area (Å²) < 4.78 is 7.23. The van der Waals surface area contributed by atoms with Crippen molar-refractivity contribution in [3.8, 4) is 11.4 Å². The maximum absolute atomic E-state index is 12.2. The summed E-state index contributed by atoms with van der Waals surface area (Å²) in [5.41, 5.74) is 4.45. The number of aromatic nitrogens is 2. The molecule has 27 heavy (non-hydrogen) atoms. The number of aryl methyl sites for hydroxylation is 2. The van der Waals surface area contributed by atoms with Gasteiger partial charge in [0.25, 0.3) is 0 Å². The molecule has 6 heteroatoms. The van der Waals surface area contributed by atoms with Crippen LogP contribution in [0.5, 0.6) is 5.75 Å². The fourth-order valence-electron chi connectivity index (χ4n) is 2.72. The molecule has 0 aliphatic rings. The first-order valence-electron chi connectivity index (χ1n) is 8.70. The molecule has 5 nitrogen and oxygen atoms in total. The summed E-state index contributed by atoms with van der Waals surface area (Å²) in [5, 5.41) is 3.75. The van der Waals surface area contributed by atoms with Gasteiger partial charge in [-0.2, -0.15) is 0 Å². The molecule has 0 saturated carbocycles. The Labute approximate surface area is 163 Å². The molecule has 1 amide bonds. The molecule has 0 spiro atoms. The van der Waals surface area contributed by atoms with Crippen LogP contribution in [-0.4, -0.2) is 28.3 Å². The van der Waals surface area contributed by atoms with Crippen LogP contribution in [0, 0.1) is 13.8 Å². The number of nitrogens with one attached hydrogen (secondary N) is 1. The van der Waals surface area contributed by atoms with Gasteiger partial charge in [0.1, 0.15) is 5.75 Å². The predicted molar refractivity (Wildman–Crippen MR) is 109 cm³/mol. The van der Waals surface area contributed by atoms with Crippen LogP contribution >= 0.6 is 11.8 Å². The Bertz CT molecular complexity index is 937. The van der Waals surface area contributed by atoms with Gasteiger partial charge in [-0.15, -0.1) is 0 Å². The fourth-order valence-corrected chi connectivity index (χ4v) is 3.52. The van der Waals surface area contributed by atoms with E-state index in [1.54, 1.807) is 13.3 Å². The van der Waals surface area contributed by atoms with Gasteiger partial charge in [0, 0.05) is 18.9 Å². The zero-order chi connectivity index (χ0) is 19.2. The molecule has 3 rings (SSSR count). The van der Waals surface area contributed by atoms with Crippen LogP contribution in [0.2, 0.25) is 0 Å². The number of nitrogens with zero attached hydrogens (tertiary/aromatic N) is 2. The monoisotopic (exact) mass is 381 g/mol. The van der Waals surface area contributed by atoms with E-state index in [0.717, 1.165) is 22.2 Å². The Balaban J connectivity index is 1.60. The summed E-state index contributed by atoms with van der Waals surface area (Å²) in [7, 11) is 1.63. The number of imidazole rings is 1. The van der Waals surface area contributed by atoms with Crippen LogP contribution in [-0.2, 0) is 11.3 Å². The predicted octanol–water partition coefficient (Wildman–Crippen LogP) is 3.91. The first-order chi connectivity index (χ1) is 13.1. The molecule has 0 aliphatic heterocycles. The number of methoxy groups -OCH3 is 1. The number of carbonyl (C=O) groups excluding carboxylic acids is 1. The van der Waals surface area contributed by atoms with E-state index in [1.807, 2.05) is 35.0 Å². The topological polar surface area (TPSA) is 56.1 Å². The second-order valence-electron chi connectivity index (χ2n) is 6.29. The lowest BCUT2D eigenvalue weighted by Gasteiger charge is -2.11. The molecule has 0 atom stereocenters. The van der Waals surface area contributed by atoms with Crippen LogP contribution in [0.15, 0.2) is 60.0 Å². The molecule has 1 aromatic heterocycles. The van der Waals surface area contributed by atoms with Crippen LogP contribution in [0.25, 0.3) is 5.69 Å². The highest BCUT2D eigenvalue weighted by Gasteiger charge is 2.11. The number of benzene rings is 2. The zero-order valence-electron chi connectivity index (χ0n) is 15.7. The first kappa shape index (κ1) is 19.0. The van der Waals surface area contributed by atoms with E-state index in [2.05, 4.69) is 42.3 Å². The Morgan fingerprint density at radius 3 is 2.89 bits per heavy atom. The average Bonchev–Trinajstić information content (AvgIpc) is 3.15. The summed E-state index contributed by atoms with van der Waals surface area (Å²) in [6.45, 7) is 4.62. The Kier molecular flexibility index (Phi) is 6.19. The third kappa shape index (κ3) is 4.92. The highest BCUT2D eigenvalue weighted by molar-refractivity contribution is 7.99. The van der Waals surface area contributed by atoms with Gasteiger partial charge in [0.15, 0.2) is 5.16 Å². The Morgan fingerprint density at radius 2 is 2.07 bits per heavy atom. The van der Waals surface area contributed by atoms with Gasteiger partial charge in [0.05, 0.1) is 18.6 Å². The van der Waals surface area contributed by atoms with Crippen molar-refractivity contribution in [2.24, 2.45) is 0 Å². The minimum Gasteiger partial charge on any atom is -0.497 e. The van der Waals surface area contributed by atoms with Crippen molar-refractivity contribution in [2.45, 2.75) is 25.5 Å². The molecule has 0 unspecified atom stereocenters. The van der Waals surface area contributed by atoms with Crippen LogP contribution < -0.4 is 10.1 Å². The quantitative estimate of drug-likeness (QED) is 0.631. The van der Waals surface area contributed by atoms with Gasteiger partial charge < -0.3 is 10.1 Å². The van der Waals surface area contributed by atoms with Crippen molar-refractivity contribution in [3.63, 3.8) is 0 Å². The minimum atomic E-state index is -0.0293. The number of rotatable bonds is 7. The molecule has 0 saturated heterocycles. The van der Waals surface area contributed by atoms with E-state index in [1.165, 1.54) is 22.9 Å². The van der Waals surface area contributed by atoms with E-state index in [-0.39, 0.29) is 5.91 Å². The van der Waals surface area contributed by atoms with Gasteiger partial charge in [-0.3, -0.25) is 9.36 Å². The van der Waals surface area contributed by atoms with Crippen molar-refractivity contribution in [2.75, 3.05) is 12.9 Å². The lowest BCUT2D eigenvalue weighted by molar-refractivity contribution is -0.118. The summed E-state index contributed by atoms with van der Waals surface area (Å²) >= 11 is 1.43. The second kappa shape index (κ2) is 8.77. The van der Waals surface area contributed by atoms with Crippen molar-refractivity contribution in [1.29, 1.82) is 0 Å². The van der Waals surface area contributed by atoms with Crippen molar-refractivity contribution >= 4 is 17.7 Å². The molecule has 0 radical (unpaired) electrons. The molecule has 1 heterocycles. The number of ether oxygens (including phenoxy) is 1. The van der Waals surface area contributed by atoms with Crippen molar-refractivity contribution in [3.05, 3.63) is 71.5 Å². The van der Waals surface area contributed by atoms with Crippen LogP contribution in [0.4, 0.5) is 0 Å². The fraction of sp³-hybridized carbons (Fsp3) is 0.238. The lowest BCUT2D eigenvalue weighted by Crippen LogP contribution is -2.24. The van der Waals surface area contributed by atoms with Crippen molar-refractivity contribution < 1.29 is 9.53 Å². The summed E-state index contributed by atoms with van der Waals surface area (Å²) in [5.74, 6) is 1.07. The maximum atomic E-state index is 12.2. The number of carbonyl (C=O) groups is 1. The molecule has 0 bridgehead atoms. The molecular weight excluding hydrogens is 358 g/mol. The molecule has 140 valence electrons.